The number of carbonyl (C=O) groups excluding carboxylic acids is 1. The molecule has 0 unspecified atom stereocenters. The lowest BCUT2D eigenvalue weighted by atomic mass is 10.0. The summed E-state index contributed by atoms with van der Waals surface area (Å²) >= 11 is 0. The molecule has 1 aliphatic rings. The van der Waals surface area contributed by atoms with E-state index in [0.29, 0.717) is 26.1 Å². The Kier molecular flexibility index (Phi) is 9.45. The minimum Gasteiger partial charge on any atom is -0.494 e. The van der Waals surface area contributed by atoms with Gasteiger partial charge in [-0.1, -0.05) is 24.6 Å². The molecule has 1 fully saturated rings. The average Bonchev–Trinajstić information content (AvgIpc) is 2.89. The summed E-state index contributed by atoms with van der Waals surface area (Å²) in [6.07, 6.45) is 6.78. The van der Waals surface area contributed by atoms with E-state index in [1.54, 1.807) is 12.3 Å². The minimum absolute atomic E-state index is 0.0855. The zero-order valence-corrected chi connectivity index (χ0v) is 21.0. The molecular formula is C30H35FN2O3. The number of carbonyl (C=O) groups is 1. The van der Waals surface area contributed by atoms with Crippen molar-refractivity contribution in [3.05, 3.63) is 77.9 Å². The van der Waals surface area contributed by atoms with Crippen LogP contribution >= 0.6 is 0 Å². The quantitative estimate of drug-likeness (QED) is 0.317. The van der Waals surface area contributed by atoms with Crippen LogP contribution in [0.1, 0.15) is 43.9 Å². The van der Waals surface area contributed by atoms with Gasteiger partial charge in [0.15, 0.2) is 0 Å². The van der Waals surface area contributed by atoms with Crippen LogP contribution in [0.25, 0.3) is 11.1 Å². The predicted molar refractivity (Wildman–Crippen MR) is 140 cm³/mol. The topological polar surface area (TPSA) is 51.7 Å². The number of hydrogen-bond acceptors (Lipinski definition) is 5. The maximum atomic E-state index is 13.3. The maximum Gasteiger partial charge on any atom is 0.139 e. The van der Waals surface area contributed by atoms with Gasteiger partial charge >= 0.3 is 0 Å². The molecule has 0 saturated carbocycles. The number of rotatable bonds is 12. The Morgan fingerprint density at radius 3 is 2.64 bits per heavy atom. The van der Waals surface area contributed by atoms with Gasteiger partial charge in [-0.05, 0) is 75.2 Å². The molecule has 0 aliphatic carbocycles. The van der Waals surface area contributed by atoms with Crippen LogP contribution in [0.4, 0.5) is 4.39 Å². The van der Waals surface area contributed by atoms with Crippen LogP contribution in [-0.2, 0) is 17.6 Å². The molecule has 0 bridgehead atoms. The van der Waals surface area contributed by atoms with Crippen LogP contribution < -0.4 is 9.47 Å². The molecule has 0 spiro atoms. The third-order valence-electron chi connectivity index (χ3n) is 6.47. The minimum atomic E-state index is -0.277. The normalized spacial score (nSPS) is 13.9. The molecule has 1 aliphatic heterocycles. The van der Waals surface area contributed by atoms with Crippen molar-refractivity contribution in [2.24, 2.45) is 0 Å². The number of aromatic nitrogens is 1. The number of benzene rings is 2. The fraction of sp³-hybridized carbons (Fsp3) is 0.400. The number of ether oxygens (including phenoxy) is 2. The van der Waals surface area contributed by atoms with Crippen molar-refractivity contribution < 1.29 is 18.7 Å². The summed E-state index contributed by atoms with van der Waals surface area (Å²) in [5.41, 5.74) is 3.44. The Hall–Kier alpha value is -3.25. The summed E-state index contributed by atoms with van der Waals surface area (Å²) in [7, 11) is 0. The van der Waals surface area contributed by atoms with E-state index in [9.17, 15) is 9.18 Å². The van der Waals surface area contributed by atoms with Crippen LogP contribution in [0.2, 0.25) is 0 Å². The number of likely N-dealkylation sites (tertiary alicyclic amines) is 1. The van der Waals surface area contributed by atoms with Gasteiger partial charge in [-0.25, -0.2) is 4.39 Å². The van der Waals surface area contributed by atoms with Crippen molar-refractivity contribution in [1.82, 2.24) is 9.88 Å². The van der Waals surface area contributed by atoms with E-state index in [4.69, 9.17) is 9.47 Å². The van der Waals surface area contributed by atoms with E-state index in [0.717, 1.165) is 53.5 Å². The fourth-order valence-electron chi connectivity index (χ4n) is 4.54. The third kappa shape index (κ3) is 7.62. The van der Waals surface area contributed by atoms with Crippen LogP contribution in [0.15, 0.2) is 60.8 Å². The number of halogens is 1. The van der Waals surface area contributed by atoms with Gasteiger partial charge in [-0.15, -0.1) is 0 Å². The van der Waals surface area contributed by atoms with E-state index < -0.39 is 0 Å². The van der Waals surface area contributed by atoms with Gasteiger partial charge in [0.1, 0.15) is 29.7 Å². The van der Waals surface area contributed by atoms with Crippen molar-refractivity contribution in [2.75, 3.05) is 32.8 Å². The van der Waals surface area contributed by atoms with Crippen molar-refractivity contribution in [2.45, 2.75) is 45.4 Å². The monoisotopic (exact) mass is 490 g/mol. The summed E-state index contributed by atoms with van der Waals surface area (Å²) in [6.45, 7) is 6.37. The molecule has 0 amide bonds. The second kappa shape index (κ2) is 13.2. The van der Waals surface area contributed by atoms with E-state index in [1.165, 1.54) is 31.4 Å². The Labute approximate surface area is 213 Å². The second-order valence-corrected chi connectivity index (χ2v) is 9.23. The fourth-order valence-corrected chi connectivity index (χ4v) is 4.54. The molecule has 0 N–H and O–H groups in total. The lowest BCUT2D eigenvalue weighted by molar-refractivity contribution is -0.118. The number of ketones is 1. The van der Waals surface area contributed by atoms with E-state index in [-0.39, 0.29) is 18.0 Å². The lowest BCUT2D eigenvalue weighted by Crippen LogP contribution is -2.33. The predicted octanol–water partition coefficient (Wildman–Crippen LogP) is 5.90. The molecule has 0 radical (unpaired) electrons. The average molecular weight is 491 g/mol. The number of Topliss-reactive ketones (excluding diaryl/α,β-unsaturated/α-hetero) is 1. The number of piperidine rings is 1. The van der Waals surface area contributed by atoms with Gasteiger partial charge in [0.2, 0.25) is 0 Å². The Bertz CT molecular complexity index is 1130. The highest BCUT2D eigenvalue weighted by molar-refractivity contribution is 5.81. The van der Waals surface area contributed by atoms with E-state index in [1.807, 2.05) is 43.3 Å². The van der Waals surface area contributed by atoms with Crippen molar-refractivity contribution >= 4 is 5.78 Å². The molecule has 1 saturated heterocycles. The summed E-state index contributed by atoms with van der Waals surface area (Å²) in [6, 6.07) is 16.2. The van der Waals surface area contributed by atoms with Gasteiger partial charge in [0.05, 0.1) is 6.61 Å². The largest absolute Gasteiger partial charge is 0.494 e. The van der Waals surface area contributed by atoms with E-state index in [2.05, 4.69) is 9.88 Å². The van der Waals surface area contributed by atoms with Crippen LogP contribution in [0.3, 0.4) is 0 Å². The third-order valence-corrected chi connectivity index (χ3v) is 6.47. The van der Waals surface area contributed by atoms with Gasteiger partial charge in [-0.3, -0.25) is 14.7 Å². The number of hydrogen-bond donors (Lipinski definition) is 0. The molecule has 4 rings (SSSR count). The highest BCUT2D eigenvalue weighted by Gasteiger charge is 2.13. The van der Waals surface area contributed by atoms with Crippen molar-refractivity contribution in [3.63, 3.8) is 0 Å². The SMILES string of the molecule is CCOc1ccc(-c2ccc(CC(=O)CCc3cccc(F)c3)nc2)c(OCCN2CCCCC2)c1. The number of pyridine rings is 1. The summed E-state index contributed by atoms with van der Waals surface area (Å²) in [5, 5.41) is 0. The molecular weight excluding hydrogens is 455 g/mol. The first kappa shape index (κ1) is 25.8. The van der Waals surface area contributed by atoms with E-state index >= 15 is 0 Å². The molecule has 3 aromatic rings. The molecule has 2 heterocycles. The number of nitrogens with zero attached hydrogens (tertiary/aromatic N) is 2. The molecule has 2 aromatic carbocycles. The Balaban J connectivity index is 1.38. The van der Waals surface area contributed by atoms with Gasteiger partial charge < -0.3 is 9.47 Å². The molecule has 36 heavy (non-hydrogen) atoms. The van der Waals surface area contributed by atoms with Crippen LogP contribution in [0, 0.1) is 5.82 Å². The first-order chi connectivity index (χ1) is 17.6. The summed E-state index contributed by atoms with van der Waals surface area (Å²) in [5.74, 6) is 1.37. The molecule has 5 nitrogen and oxygen atoms in total. The smallest absolute Gasteiger partial charge is 0.139 e. The zero-order valence-electron chi connectivity index (χ0n) is 21.0. The Morgan fingerprint density at radius 2 is 1.89 bits per heavy atom. The van der Waals surface area contributed by atoms with Gasteiger partial charge in [0.25, 0.3) is 0 Å². The van der Waals surface area contributed by atoms with Gasteiger partial charge in [0, 0.05) is 48.5 Å². The lowest BCUT2D eigenvalue weighted by Gasteiger charge is -2.26. The van der Waals surface area contributed by atoms with Gasteiger partial charge in [-0.2, -0.15) is 0 Å². The highest BCUT2D eigenvalue weighted by Crippen LogP contribution is 2.33. The first-order valence-corrected chi connectivity index (χ1v) is 12.9. The molecule has 190 valence electrons. The number of aryl methyl sites for hydroxylation is 1. The Morgan fingerprint density at radius 1 is 1.03 bits per heavy atom. The summed E-state index contributed by atoms with van der Waals surface area (Å²) in [4.78, 5) is 19.5. The van der Waals surface area contributed by atoms with Crippen LogP contribution in [0.5, 0.6) is 11.5 Å². The maximum absolute atomic E-state index is 13.3. The van der Waals surface area contributed by atoms with Crippen LogP contribution in [-0.4, -0.2) is 48.5 Å². The standard InChI is InChI=1S/C30H35FN2O3/c1-2-35-28-13-14-29(30(21-28)36-18-17-33-15-4-3-5-16-33)24-10-11-26(32-22-24)20-27(34)12-9-23-7-6-8-25(31)19-23/h6-8,10-11,13-14,19,21-22H,2-5,9,12,15-18,20H2,1H3. The molecule has 1 aromatic heterocycles. The van der Waals surface area contributed by atoms with Crippen molar-refractivity contribution in [1.29, 1.82) is 0 Å². The zero-order chi connectivity index (χ0) is 25.2. The highest BCUT2D eigenvalue weighted by atomic mass is 19.1. The second-order valence-electron chi connectivity index (χ2n) is 9.23. The molecule has 6 heteroatoms. The first-order valence-electron chi connectivity index (χ1n) is 12.9. The summed E-state index contributed by atoms with van der Waals surface area (Å²) < 4.78 is 25.3. The van der Waals surface area contributed by atoms with Crippen molar-refractivity contribution in [3.8, 4) is 22.6 Å². The molecule has 0 atom stereocenters.